The molecule has 0 radical (unpaired) electrons. The van der Waals surface area contributed by atoms with Gasteiger partial charge in [-0.2, -0.15) is 0 Å². The summed E-state index contributed by atoms with van der Waals surface area (Å²) in [7, 11) is 0. The smallest absolute Gasteiger partial charge is 0.352 e. The number of H-pyrrole nitrogens is 1. The van der Waals surface area contributed by atoms with Crippen LogP contribution in [0.25, 0.3) is 10.9 Å². The Hall–Kier alpha value is -1.40. The molecule has 2 aromatic carbocycles. The summed E-state index contributed by atoms with van der Waals surface area (Å²) < 4.78 is 14.2. The zero-order valence-electron chi connectivity index (χ0n) is 11.2. The van der Waals surface area contributed by atoms with Crippen LogP contribution in [-0.4, -0.2) is 16.1 Å². The molecule has 3 rings (SSSR count). The van der Waals surface area contributed by atoms with Crippen molar-refractivity contribution in [3.8, 4) is 0 Å². The molecule has 0 amide bonds. The normalized spacial score (nSPS) is 11.1. The van der Waals surface area contributed by atoms with Crippen LogP contribution in [0, 0.1) is 5.82 Å². The van der Waals surface area contributed by atoms with Crippen molar-refractivity contribution >= 4 is 63.4 Å². The van der Waals surface area contributed by atoms with Gasteiger partial charge in [-0.15, -0.1) is 0 Å². The van der Waals surface area contributed by atoms with Crippen LogP contribution in [0.4, 0.5) is 4.39 Å². The second kappa shape index (κ2) is 6.24. The topological polar surface area (TPSA) is 53.1 Å². The van der Waals surface area contributed by atoms with Gasteiger partial charge >= 0.3 is 5.97 Å². The highest BCUT2D eigenvalue weighted by atomic mass is 35.5. The summed E-state index contributed by atoms with van der Waals surface area (Å²) in [6.45, 7) is 0. The summed E-state index contributed by atoms with van der Waals surface area (Å²) in [5.41, 5.74) is 0.115. The van der Waals surface area contributed by atoms with Gasteiger partial charge in [-0.25, -0.2) is 9.18 Å². The minimum absolute atomic E-state index is 0.127. The molecule has 0 aliphatic carbocycles. The Balaban J connectivity index is 2.08. The van der Waals surface area contributed by atoms with Crippen LogP contribution >= 0.6 is 46.6 Å². The number of hydrogen-bond donors (Lipinski definition) is 2. The molecular formula is C15H7Cl3FNO2S. The molecule has 0 unspecified atom stereocenters. The summed E-state index contributed by atoms with van der Waals surface area (Å²) in [5, 5.41) is 10.2. The fourth-order valence-electron chi connectivity index (χ4n) is 2.05. The number of benzene rings is 2. The van der Waals surface area contributed by atoms with Crippen molar-refractivity contribution in [2.24, 2.45) is 0 Å². The number of hydrogen-bond acceptors (Lipinski definition) is 2. The molecule has 0 saturated heterocycles. The highest BCUT2D eigenvalue weighted by Gasteiger charge is 2.17. The Morgan fingerprint density at radius 1 is 1.13 bits per heavy atom. The highest BCUT2D eigenvalue weighted by molar-refractivity contribution is 7.99. The quantitative estimate of drug-likeness (QED) is 0.566. The fraction of sp³-hybridized carbons (Fsp3) is 0. The van der Waals surface area contributed by atoms with Crippen molar-refractivity contribution in [2.75, 3.05) is 0 Å². The Morgan fingerprint density at radius 3 is 2.52 bits per heavy atom. The number of carbonyl (C=O) groups is 1. The lowest BCUT2D eigenvalue weighted by Crippen LogP contribution is -1.94. The summed E-state index contributed by atoms with van der Waals surface area (Å²) in [4.78, 5) is 14.8. The van der Waals surface area contributed by atoms with Gasteiger partial charge in [0.05, 0.1) is 20.6 Å². The first kappa shape index (κ1) is 16.5. The predicted molar refractivity (Wildman–Crippen MR) is 90.8 cm³/mol. The molecule has 23 heavy (non-hydrogen) atoms. The summed E-state index contributed by atoms with van der Waals surface area (Å²) in [6, 6.07) is 7.48. The predicted octanol–water partition coefficient (Wildman–Crippen LogP) is 6.12. The molecule has 1 aromatic heterocycles. The lowest BCUT2D eigenvalue weighted by Gasteiger charge is -2.07. The van der Waals surface area contributed by atoms with Crippen LogP contribution in [-0.2, 0) is 0 Å². The van der Waals surface area contributed by atoms with Crippen molar-refractivity contribution in [1.29, 1.82) is 0 Å². The van der Waals surface area contributed by atoms with Gasteiger partial charge in [0.25, 0.3) is 0 Å². The number of aromatic nitrogens is 1. The van der Waals surface area contributed by atoms with Crippen LogP contribution in [0.3, 0.4) is 0 Å². The van der Waals surface area contributed by atoms with Gasteiger partial charge in [0, 0.05) is 15.2 Å². The molecule has 0 spiro atoms. The molecule has 0 saturated carbocycles. The second-order valence-corrected chi connectivity index (χ2v) is 6.93. The molecule has 0 aliphatic heterocycles. The van der Waals surface area contributed by atoms with E-state index in [-0.39, 0.29) is 21.6 Å². The van der Waals surface area contributed by atoms with Gasteiger partial charge in [-0.05, 0) is 30.3 Å². The third kappa shape index (κ3) is 3.15. The van der Waals surface area contributed by atoms with E-state index in [4.69, 9.17) is 39.9 Å². The van der Waals surface area contributed by atoms with E-state index in [0.717, 1.165) is 4.90 Å². The number of carboxylic acids is 1. The fourth-order valence-corrected chi connectivity index (χ4v) is 3.66. The van der Waals surface area contributed by atoms with Gasteiger partial charge in [0.15, 0.2) is 0 Å². The summed E-state index contributed by atoms with van der Waals surface area (Å²) in [6.07, 6.45) is 0. The molecule has 8 heteroatoms. The van der Waals surface area contributed by atoms with Gasteiger partial charge in [-0.1, -0.05) is 46.6 Å². The zero-order valence-corrected chi connectivity index (χ0v) is 14.2. The Kier molecular flexibility index (Phi) is 4.47. The van der Waals surface area contributed by atoms with Crippen molar-refractivity contribution in [3.63, 3.8) is 0 Å². The molecule has 2 N–H and O–H groups in total. The SMILES string of the molecule is O=C(O)c1cc2c(F)cc(Sc3ccc(Cl)c(Cl)c3)c(Cl)c2[nH]1. The van der Waals surface area contributed by atoms with Crippen molar-refractivity contribution in [1.82, 2.24) is 4.98 Å². The maximum Gasteiger partial charge on any atom is 0.352 e. The van der Waals surface area contributed by atoms with Crippen molar-refractivity contribution < 1.29 is 14.3 Å². The van der Waals surface area contributed by atoms with Crippen molar-refractivity contribution in [2.45, 2.75) is 9.79 Å². The lowest BCUT2D eigenvalue weighted by molar-refractivity contribution is 0.0691. The zero-order chi connectivity index (χ0) is 16.7. The molecule has 118 valence electrons. The van der Waals surface area contributed by atoms with E-state index in [1.54, 1.807) is 18.2 Å². The van der Waals surface area contributed by atoms with Gasteiger partial charge in [0.2, 0.25) is 0 Å². The van der Waals surface area contributed by atoms with Crippen LogP contribution in [0.2, 0.25) is 15.1 Å². The van der Waals surface area contributed by atoms with E-state index in [1.165, 1.54) is 23.9 Å². The van der Waals surface area contributed by atoms with E-state index in [0.29, 0.717) is 14.9 Å². The number of rotatable bonds is 3. The van der Waals surface area contributed by atoms with Gasteiger partial charge in [0.1, 0.15) is 11.5 Å². The molecule has 1 heterocycles. The standard InChI is InChI=1S/C15H7Cl3FNO2S/c16-8-2-1-6(3-9(8)17)23-12-5-10(19)7-4-11(15(21)22)20-14(7)13(12)18/h1-5,20H,(H,21,22). The average molecular weight is 391 g/mol. The van der Waals surface area contributed by atoms with E-state index in [2.05, 4.69) is 4.98 Å². The van der Waals surface area contributed by atoms with E-state index in [1.807, 2.05) is 0 Å². The average Bonchev–Trinajstić information content (AvgIpc) is 2.94. The van der Waals surface area contributed by atoms with E-state index in [9.17, 15) is 9.18 Å². The monoisotopic (exact) mass is 389 g/mol. The number of aromatic carboxylic acids is 1. The first-order valence-corrected chi connectivity index (χ1v) is 8.19. The minimum atomic E-state index is -1.18. The number of carboxylic acid groups (broad SMARTS) is 1. The molecular weight excluding hydrogens is 384 g/mol. The third-order valence-corrected chi connectivity index (χ3v) is 5.39. The van der Waals surface area contributed by atoms with Gasteiger partial charge < -0.3 is 10.1 Å². The number of aromatic amines is 1. The van der Waals surface area contributed by atoms with Crippen LogP contribution in [0.1, 0.15) is 10.5 Å². The number of fused-ring (bicyclic) bond motifs is 1. The van der Waals surface area contributed by atoms with Gasteiger partial charge in [-0.3, -0.25) is 0 Å². The molecule has 3 aromatic rings. The first-order chi connectivity index (χ1) is 10.9. The Morgan fingerprint density at radius 2 is 1.87 bits per heavy atom. The Labute approximate surface area is 149 Å². The molecule has 0 aliphatic rings. The molecule has 0 atom stereocenters. The third-order valence-electron chi connectivity index (χ3n) is 3.12. The maximum absolute atomic E-state index is 14.2. The van der Waals surface area contributed by atoms with E-state index >= 15 is 0 Å². The number of halogens is 4. The summed E-state index contributed by atoms with van der Waals surface area (Å²) >= 11 is 19.3. The lowest BCUT2D eigenvalue weighted by atomic mass is 10.2. The molecule has 0 bridgehead atoms. The first-order valence-electron chi connectivity index (χ1n) is 6.23. The molecule has 3 nitrogen and oxygen atoms in total. The van der Waals surface area contributed by atoms with E-state index < -0.39 is 11.8 Å². The van der Waals surface area contributed by atoms with Crippen LogP contribution in [0.15, 0.2) is 40.1 Å². The van der Waals surface area contributed by atoms with Crippen LogP contribution < -0.4 is 0 Å². The molecule has 0 fully saturated rings. The minimum Gasteiger partial charge on any atom is -0.477 e. The number of nitrogens with one attached hydrogen (secondary N) is 1. The summed E-state index contributed by atoms with van der Waals surface area (Å²) in [5.74, 6) is -1.74. The maximum atomic E-state index is 14.2. The largest absolute Gasteiger partial charge is 0.477 e. The Bertz CT molecular complexity index is 942. The second-order valence-electron chi connectivity index (χ2n) is 4.63. The highest BCUT2D eigenvalue weighted by Crippen LogP contribution is 2.40. The van der Waals surface area contributed by atoms with Crippen molar-refractivity contribution in [3.05, 3.63) is 56.9 Å². The van der Waals surface area contributed by atoms with Crippen LogP contribution in [0.5, 0.6) is 0 Å².